The molecule has 0 saturated carbocycles. The van der Waals surface area contributed by atoms with Gasteiger partial charge in [-0.3, -0.25) is 0 Å². The van der Waals surface area contributed by atoms with Gasteiger partial charge in [0.15, 0.2) is 0 Å². The van der Waals surface area contributed by atoms with Gasteiger partial charge in [0.05, 0.1) is 0 Å². The first-order valence-electron chi connectivity index (χ1n) is 7.59. The maximum atomic E-state index is 10.0. The zero-order chi connectivity index (χ0) is 15.6. The summed E-state index contributed by atoms with van der Waals surface area (Å²) >= 11 is 0. The number of benzene rings is 2. The topological polar surface area (TPSA) is 40.5 Å². The predicted octanol–water partition coefficient (Wildman–Crippen LogP) is 4.43. The van der Waals surface area contributed by atoms with Gasteiger partial charge in [-0.15, -0.1) is 0 Å². The summed E-state index contributed by atoms with van der Waals surface area (Å²) in [7, 11) is 0. The van der Waals surface area contributed by atoms with E-state index in [-0.39, 0.29) is 0 Å². The Morgan fingerprint density at radius 1 is 0.714 bits per heavy atom. The zero-order valence-corrected chi connectivity index (χ0v) is 13.3. The van der Waals surface area contributed by atoms with Gasteiger partial charge in [-0.1, -0.05) is 38.1 Å². The molecule has 0 aromatic heterocycles. The Morgan fingerprint density at radius 3 is 1.43 bits per heavy atom. The van der Waals surface area contributed by atoms with Crippen molar-refractivity contribution in [3.05, 3.63) is 57.6 Å². The molecule has 0 bridgehead atoms. The molecule has 2 nitrogen and oxygen atoms in total. The number of phenols is 2. The Labute approximate surface area is 127 Å². The molecule has 0 radical (unpaired) electrons. The van der Waals surface area contributed by atoms with E-state index in [1.807, 2.05) is 26.0 Å². The third-order valence-corrected chi connectivity index (χ3v) is 4.05. The minimum atomic E-state index is 0.414. The van der Waals surface area contributed by atoms with Gasteiger partial charge in [0, 0.05) is 0 Å². The summed E-state index contributed by atoms with van der Waals surface area (Å²) in [4.78, 5) is 0. The highest BCUT2D eigenvalue weighted by atomic mass is 16.3. The summed E-state index contributed by atoms with van der Waals surface area (Å²) in [6, 6.07) is 8.25. The van der Waals surface area contributed by atoms with Crippen LogP contribution in [-0.4, -0.2) is 10.2 Å². The van der Waals surface area contributed by atoms with Crippen LogP contribution in [0.25, 0.3) is 0 Å². The first-order chi connectivity index (χ1) is 9.96. The second kappa shape index (κ2) is 6.21. The molecule has 2 N–H and O–H groups in total. The summed E-state index contributed by atoms with van der Waals surface area (Å²) in [6.45, 7) is 7.99. The fourth-order valence-electron chi connectivity index (χ4n) is 2.85. The average Bonchev–Trinajstić information content (AvgIpc) is 2.46. The lowest BCUT2D eigenvalue weighted by Crippen LogP contribution is -1.96. The van der Waals surface area contributed by atoms with E-state index in [2.05, 4.69) is 26.0 Å². The van der Waals surface area contributed by atoms with E-state index in [4.69, 9.17) is 0 Å². The van der Waals surface area contributed by atoms with Crippen molar-refractivity contribution < 1.29 is 10.2 Å². The Hall–Kier alpha value is -1.96. The summed E-state index contributed by atoms with van der Waals surface area (Å²) in [5.41, 5.74) is 6.25. The molecule has 0 aliphatic heterocycles. The molecule has 0 amide bonds. The van der Waals surface area contributed by atoms with Crippen LogP contribution in [0.3, 0.4) is 0 Å². The molecule has 2 aromatic carbocycles. The second-order valence-electron chi connectivity index (χ2n) is 5.72. The van der Waals surface area contributed by atoms with Crippen LogP contribution in [0.2, 0.25) is 0 Å². The summed E-state index contributed by atoms with van der Waals surface area (Å²) in [6.07, 6.45) is 2.48. The van der Waals surface area contributed by atoms with Gasteiger partial charge in [-0.2, -0.15) is 0 Å². The molecule has 0 unspecified atom stereocenters. The third kappa shape index (κ3) is 3.21. The highest BCUT2D eigenvalue weighted by Gasteiger charge is 2.09. The van der Waals surface area contributed by atoms with Crippen molar-refractivity contribution in [1.29, 1.82) is 0 Å². The molecule has 0 spiro atoms. The van der Waals surface area contributed by atoms with Crippen LogP contribution in [0.15, 0.2) is 24.3 Å². The van der Waals surface area contributed by atoms with Crippen LogP contribution >= 0.6 is 0 Å². The van der Waals surface area contributed by atoms with Crippen LogP contribution in [0.4, 0.5) is 0 Å². The fraction of sp³-hybridized carbons (Fsp3) is 0.368. The fourth-order valence-corrected chi connectivity index (χ4v) is 2.85. The highest BCUT2D eigenvalue weighted by molar-refractivity contribution is 5.47. The molecule has 2 heteroatoms. The molecule has 0 saturated heterocycles. The molecule has 0 atom stereocenters. The van der Waals surface area contributed by atoms with Crippen LogP contribution < -0.4 is 0 Å². The Morgan fingerprint density at radius 2 is 1.10 bits per heavy atom. The maximum Gasteiger partial charge on any atom is 0.121 e. The van der Waals surface area contributed by atoms with Crippen molar-refractivity contribution in [2.75, 3.05) is 0 Å². The van der Waals surface area contributed by atoms with Crippen molar-refractivity contribution in [1.82, 2.24) is 0 Å². The van der Waals surface area contributed by atoms with Gasteiger partial charge in [0.2, 0.25) is 0 Å². The van der Waals surface area contributed by atoms with E-state index in [9.17, 15) is 10.2 Å². The lowest BCUT2D eigenvalue weighted by molar-refractivity contribution is 0.464. The van der Waals surface area contributed by atoms with Gasteiger partial charge in [-0.25, -0.2) is 0 Å². The molecule has 112 valence electrons. The summed E-state index contributed by atoms with van der Waals surface area (Å²) in [5, 5.41) is 20.0. The van der Waals surface area contributed by atoms with Gasteiger partial charge < -0.3 is 10.2 Å². The molecule has 2 rings (SSSR count). The number of aryl methyl sites for hydroxylation is 4. The van der Waals surface area contributed by atoms with Crippen LogP contribution in [-0.2, 0) is 19.3 Å². The van der Waals surface area contributed by atoms with Crippen molar-refractivity contribution in [3.8, 4) is 11.5 Å². The van der Waals surface area contributed by atoms with E-state index in [1.165, 1.54) is 11.1 Å². The van der Waals surface area contributed by atoms with Gasteiger partial charge >= 0.3 is 0 Å². The maximum absolute atomic E-state index is 10.0. The quantitative estimate of drug-likeness (QED) is 0.872. The minimum Gasteiger partial charge on any atom is -0.507 e. The Bertz CT molecular complexity index is 600. The zero-order valence-electron chi connectivity index (χ0n) is 13.3. The number of rotatable bonds is 4. The van der Waals surface area contributed by atoms with Crippen LogP contribution in [0.1, 0.15) is 47.2 Å². The molecular weight excluding hydrogens is 260 g/mol. The van der Waals surface area contributed by atoms with E-state index >= 15 is 0 Å². The number of hydrogen-bond acceptors (Lipinski definition) is 2. The Kier molecular flexibility index (Phi) is 4.56. The van der Waals surface area contributed by atoms with Crippen molar-refractivity contribution >= 4 is 0 Å². The summed E-state index contributed by atoms with van der Waals surface area (Å²) in [5.74, 6) is 0.828. The molecule has 21 heavy (non-hydrogen) atoms. The van der Waals surface area contributed by atoms with E-state index < -0.39 is 0 Å². The molecule has 2 aromatic rings. The van der Waals surface area contributed by atoms with Crippen LogP contribution in [0, 0.1) is 13.8 Å². The number of hydrogen-bond donors (Lipinski definition) is 2. The van der Waals surface area contributed by atoms with E-state index in [1.54, 1.807) is 0 Å². The lowest BCUT2D eigenvalue weighted by Gasteiger charge is -2.12. The lowest BCUT2D eigenvalue weighted by atomic mass is 9.95. The molecule has 0 aliphatic rings. The van der Waals surface area contributed by atoms with Crippen LogP contribution in [0.5, 0.6) is 11.5 Å². The number of aromatic hydroxyl groups is 2. The summed E-state index contributed by atoms with van der Waals surface area (Å²) < 4.78 is 0. The Balaban J connectivity index is 2.38. The smallest absolute Gasteiger partial charge is 0.121 e. The van der Waals surface area contributed by atoms with Crippen molar-refractivity contribution in [3.63, 3.8) is 0 Å². The van der Waals surface area contributed by atoms with Gasteiger partial charge in [0.25, 0.3) is 0 Å². The molecule has 0 fully saturated rings. The first-order valence-corrected chi connectivity index (χ1v) is 7.59. The van der Waals surface area contributed by atoms with Crippen molar-refractivity contribution in [2.45, 2.75) is 47.0 Å². The SMILES string of the molecule is CCc1cc(Cc2cc(C)c(O)c(CC)c2)cc(C)c1O. The number of phenolic OH excluding ortho intramolecular Hbond substituents is 2. The average molecular weight is 284 g/mol. The molecule has 0 aliphatic carbocycles. The first kappa shape index (κ1) is 15.4. The van der Waals surface area contributed by atoms with Gasteiger partial charge in [0.1, 0.15) is 11.5 Å². The molecular formula is C19H24O2. The third-order valence-electron chi connectivity index (χ3n) is 4.05. The normalized spacial score (nSPS) is 10.9. The standard InChI is InChI=1S/C19H24O2/c1-5-16-10-14(7-12(3)18(16)20)9-15-8-13(4)19(21)17(6-2)11-15/h7-8,10-11,20-21H,5-6,9H2,1-4H3. The minimum absolute atomic E-state index is 0.414. The van der Waals surface area contributed by atoms with E-state index in [0.717, 1.165) is 41.5 Å². The predicted molar refractivity (Wildman–Crippen MR) is 87.2 cm³/mol. The van der Waals surface area contributed by atoms with Gasteiger partial charge in [-0.05, 0) is 66.5 Å². The van der Waals surface area contributed by atoms with E-state index in [0.29, 0.717) is 11.5 Å². The molecule has 0 heterocycles. The van der Waals surface area contributed by atoms with Crippen molar-refractivity contribution in [2.24, 2.45) is 0 Å². The monoisotopic (exact) mass is 284 g/mol. The highest BCUT2D eigenvalue weighted by Crippen LogP contribution is 2.28. The second-order valence-corrected chi connectivity index (χ2v) is 5.72. The largest absolute Gasteiger partial charge is 0.507 e.